The summed E-state index contributed by atoms with van der Waals surface area (Å²) in [6.07, 6.45) is 2.86. The number of nitrogens with zero attached hydrogens (tertiary/aromatic N) is 2. The molecule has 23 heavy (non-hydrogen) atoms. The molecular weight excluding hydrogens is 330 g/mol. The van der Waals surface area contributed by atoms with Crippen LogP contribution in [0, 0.1) is 6.92 Å². The number of hydrogen-bond donors (Lipinski definition) is 1. The minimum atomic E-state index is -0.209. The Morgan fingerprint density at radius 2 is 2.22 bits per heavy atom. The van der Waals surface area contributed by atoms with Gasteiger partial charge in [-0.3, -0.25) is 9.59 Å². The number of carbonyl (C=O) groups excluding carboxylic acids is 2. The molecule has 1 unspecified atom stereocenters. The van der Waals surface area contributed by atoms with Crippen molar-refractivity contribution in [1.82, 2.24) is 9.88 Å². The van der Waals surface area contributed by atoms with Gasteiger partial charge in [-0.15, -0.1) is 22.7 Å². The summed E-state index contributed by atoms with van der Waals surface area (Å²) in [5.74, 6) is -0.230. The van der Waals surface area contributed by atoms with Crippen molar-refractivity contribution < 1.29 is 9.59 Å². The minimum absolute atomic E-state index is 0.0197. The second-order valence-corrected chi connectivity index (χ2v) is 7.63. The number of amides is 2. The Kier molecular flexibility index (Phi) is 6.29. The number of thiophene rings is 1. The molecule has 0 aromatic carbocycles. The zero-order chi connectivity index (χ0) is 16.8. The van der Waals surface area contributed by atoms with E-state index in [2.05, 4.69) is 10.3 Å². The van der Waals surface area contributed by atoms with E-state index in [9.17, 15) is 9.59 Å². The largest absolute Gasteiger partial charge is 0.330 e. The molecule has 5 nitrogen and oxygen atoms in total. The Bertz CT molecular complexity index is 652. The van der Waals surface area contributed by atoms with Crippen LogP contribution in [0.1, 0.15) is 30.0 Å². The lowest BCUT2D eigenvalue weighted by molar-refractivity contribution is -0.136. The van der Waals surface area contributed by atoms with Gasteiger partial charge in [-0.05, 0) is 31.7 Å². The van der Waals surface area contributed by atoms with Crippen LogP contribution in [-0.2, 0) is 16.0 Å². The maximum atomic E-state index is 12.5. The van der Waals surface area contributed by atoms with Gasteiger partial charge in [0, 0.05) is 22.0 Å². The van der Waals surface area contributed by atoms with Gasteiger partial charge in [0.2, 0.25) is 11.8 Å². The van der Waals surface area contributed by atoms with Crippen LogP contribution in [0.3, 0.4) is 0 Å². The van der Waals surface area contributed by atoms with Crippen LogP contribution in [0.25, 0.3) is 0 Å². The Hall–Kier alpha value is -1.73. The molecule has 2 aromatic rings. The van der Waals surface area contributed by atoms with Crippen LogP contribution in [0.2, 0.25) is 0 Å². The summed E-state index contributed by atoms with van der Waals surface area (Å²) in [5.41, 5.74) is 0. The lowest BCUT2D eigenvalue weighted by Gasteiger charge is -2.27. The van der Waals surface area contributed by atoms with Crippen molar-refractivity contribution in [3.8, 4) is 0 Å². The van der Waals surface area contributed by atoms with E-state index >= 15 is 0 Å². The average molecular weight is 351 g/mol. The minimum Gasteiger partial charge on any atom is -0.330 e. The van der Waals surface area contributed by atoms with E-state index in [-0.39, 0.29) is 24.4 Å². The van der Waals surface area contributed by atoms with Crippen molar-refractivity contribution in [3.63, 3.8) is 0 Å². The molecule has 1 atom stereocenters. The predicted octanol–water partition coefficient (Wildman–Crippen LogP) is 3.32. The summed E-state index contributed by atoms with van der Waals surface area (Å²) in [6, 6.07) is 3.89. The van der Waals surface area contributed by atoms with Crippen LogP contribution >= 0.6 is 22.7 Å². The fourth-order valence-corrected chi connectivity index (χ4v) is 3.48. The fourth-order valence-electron chi connectivity index (χ4n) is 2.10. The summed E-state index contributed by atoms with van der Waals surface area (Å²) in [6.45, 7) is 5.96. The lowest BCUT2D eigenvalue weighted by atomic mass is 10.2. The maximum absolute atomic E-state index is 12.5. The molecule has 0 fully saturated rings. The first-order valence-corrected chi connectivity index (χ1v) is 9.23. The summed E-state index contributed by atoms with van der Waals surface area (Å²) >= 11 is 2.98. The third-order valence-corrected chi connectivity index (χ3v) is 5.23. The van der Waals surface area contributed by atoms with Gasteiger partial charge in [-0.2, -0.15) is 0 Å². The average Bonchev–Trinajstić information content (AvgIpc) is 3.15. The molecule has 0 saturated heterocycles. The second-order valence-electron chi connectivity index (χ2n) is 5.36. The monoisotopic (exact) mass is 351 g/mol. The number of thiazole rings is 1. The number of carbonyl (C=O) groups is 2. The number of nitrogens with one attached hydrogen (secondary N) is 1. The third kappa shape index (κ3) is 5.14. The zero-order valence-corrected chi connectivity index (χ0v) is 15.2. The van der Waals surface area contributed by atoms with Crippen molar-refractivity contribution in [1.29, 1.82) is 0 Å². The zero-order valence-electron chi connectivity index (χ0n) is 13.5. The van der Waals surface area contributed by atoms with Crippen LogP contribution < -0.4 is 5.32 Å². The first kappa shape index (κ1) is 17.6. The van der Waals surface area contributed by atoms with Gasteiger partial charge in [0.1, 0.15) is 6.54 Å². The van der Waals surface area contributed by atoms with Crippen LogP contribution in [0.4, 0.5) is 5.13 Å². The number of aromatic nitrogens is 1. The van der Waals surface area contributed by atoms with Gasteiger partial charge in [0.25, 0.3) is 0 Å². The molecule has 1 N–H and O–H groups in total. The third-order valence-electron chi connectivity index (χ3n) is 3.53. The van der Waals surface area contributed by atoms with Crippen LogP contribution in [-0.4, -0.2) is 34.3 Å². The summed E-state index contributed by atoms with van der Waals surface area (Å²) in [5, 5.41) is 5.29. The predicted molar refractivity (Wildman–Crippen MR) is 95.0 cm³/mol. The van der Waals surface area contributed by atoms with Crippen LogP contribution in [0.15, 0.2) is 23.7 Å². The van der Waals surface area contributed by atoms with E-state index in [1.165, 1.54) is 11.3 Å². The molecular formula is C16H21N3O2S2. The topological polar surface area (TPSA) is 62.3 Å². The number of anilines is 1. The number of rotatable bonds is 7. The molecule has 2 heterocycles. The SMILES string of the molecule is CCC(C)N(CC(=O)Nc1ncc(C)s1)C(=O)Cc1cccs1. The van der Waals surface area contributed by atoms with Crippen molar-refractivity contribution in [2.45, 2.75) is 39.7 Å². The van der Waals surface area contributed by atoms with Gasteiger partial charge < -0.3 is 10.2 Å². The normalized spacial score (nSPS) is 12.0. The van der Waals surface area contributed by atoms with E-state index in [1.807, 2.05) is 38.3 Å². The van der Waals surface area contributed by atoms with Gasteiger partial charge in [-0.1, -0.05) is 13.0 Å². The molecule has 2 rings (SSSR count). The van der Waals surface area contributed by atoms with Crippen molar-refractivity contribution >= 4 is 39.6 Å². The van der Waals surface area contributed by atoms with Crippen molar-refractivity contribution in [2.24, 2.45) is 0 Å². The Balaban J connectivity index is 1.99. The van der Waals surface area contributed by atoms with Gasteiger partial charge in [0.15, 0.2) is 5.13 Å². The quantitative estimate of drug-likeness (QED) is 0.832. The molecule has 0 aliphatic rings. The number of hydrogen-bond acceptors (Lipinski definition) is 5. The van der Waals surface area contributed by atoms with Gasteiger partial charge >= 0.3 is 0 Å². The lowest BCUT2D eigenvalue weighted by Crippen LogP contribution is -2.44. The maximum Gasteiger partial charge on any atom is 0.245 e. The fraction of sp³-hybridized carbons (Fsp3) is 0.438. The highest BCUT2D eigenvalue weighted by Crippen LogP contribution is 2.17. The Labute approximate surface area is 144 Å². The highest BCUT2D eigenvalue weighted by Gasteiger charge is 2.22. The van der Waals surface area contributed by atoms with Crippen molar-refractivity contribution in [3.05, 3.63) is 33.5 Å². The molecule has 7 heteroatoms. The number of aryl methyl sites for hydroxylation is 1. The molecule has 2 amide bonds. The van der Waals surface area contributed by atoms with Crippen molar-refractivity contribution in [2.75, 3.05) is 11.9 Å². The molecule has 0 aliphatic carbocycles. The molecule has 0 spiro atoms. The Morgan fingerprint density at radius 3 is 2.78 bits per heavy atom. The molecule has 0 bridgehead atoms. The van der Waals surface area contributed by atoms with Crippen LogP contribution in [0.5, 0.6) is 0 Å². The molecule has 0 radical (unpaired) electrons. The highest BCUT2D eigenvalue weighted by atomic mass is 32.1. The molecule has 0 saturated carbocycles. The first-order chi connectivity index (χ1) is 11.0. The van der Waals surface area contributed by atoms with E-state index in [4.69, 9.17) is 0 Å². The molecule has 2 aromatic heterocycles. The van der Waals surface area contributed by atoms with E-state index in [0.717, 1.165) is 16.2 Å². The summed E-state index contributed by atoms with van der Waals surface area (Å²) < 4.78 is 0. The smallest absolute Gasteiger partial charge is 0.245 e. The second kappa shape index (κ2) is 8.21. The summed E-state index contributed by atoms with van der Waals surface area (Å²) in [7, 11) is 0. The van der Waals surface area contributed by atoms with Gasteiger partial charge in [-0.25, -0.2) is 4.98 Å². The van der Waals surface area contributed by atoms with E-state index < -0.39 is 0 Å². The highest BCUT2D eigenvalue weighted by molar-refractivity contribution is 7.15. The Morgan fingerprint density at radius 1 is 1.43 bits per heavy atom. The van der Waals surface area contributed by atoms with E-state index in [1.54, 1.807) is 22.4 Å². The van der Waals surface area contributed by atoms with E-state index in [0.29, 0.717) is 11.6 Å². The first-order valence-electron chi connectivity index (χ1n) is 7.53. The van der Waals surface area contributed by atoms with Gasteiger partial charge in [0.05, 0.1) is 6.42 Å². The standard InChI is InChI=1S/C16H21N3O2S2/c1-4-11(2)19(15(21)8-13-6-5-7-22-13)10-14(20)18-16-17-9-12(3)23-16/h5-7,9,11H,4,8,10H2,1-3H3,(H,17,18,20). The molecule has 124 valence electrons. The molecule has 0 aliphatic heterocycles. The summed E-state index contributed by atoms with van der Waals surface area (Å²) in [4.78, 5) is 32.6.